The Labute approximate surface area is 152 Å². The molecule has 1 aliphatic rings. The second-order valence-corrected chi connectivity index (χ2v) is 10.1. The van der Waals surface area contributed by atoms with Crippen LogP contribution in [0.15, 0.2) is 58.3 Å². The van der Waals surface area contributed by atoms with Crippen LogP contribution in [0.1, 0.15) is 6.42 Å². The molecule has 3 rings (SSSR count). The van der Waals surface area contributed by atoms with Crippen molar-refractivity contribution in [3.8, 4) is 5.75 Å². The summed E-state index contributed by atoms with van der Waals surface area (Å²) in [5.41, 5.74) is 0. The number of benzene rings is 2. The molecule has 140 valence electrons. The summed E-state index contributed by atoms with van der Waals surface area (Å²) in [7, 11) is -6.43. The van der Waals surface area contributed by atoms with E-state index in [9.17, 15) is 21.2 Å². The number of methoxy groups -OCH3 is 1. The summed E-state index contributed by atoms with van der Waals surface area (Å²) in [5.74, 6) is -0.696. The molecule has 0 aromatic heterocycles. The standard InChI is InChI=1S/C17H18FNO5S2/c1-24-16-8-7-13(18)11-17(16)26(22,23)19-10-9-15(12-19)25(20,21)14-5-3-2-4-6-14/h2-8,11,15H,9-10,12H2,1H3. The molecule has 1 fully saturated rings. The van der Waals surface area contributed by atoms with E-state index in [1.165, 1.54) is 25.3 Å². The van der Waals surface area contributed by atoms with Crippen molar-refractivity contribution >= 4 is 19.9 Å². The maximum Gasteiger partial charge on any atom is 0.246 e. The topological polar surface area (TPSA) is 80.8 Å². The third kappa shape index (κ3) is 3.34. The van der Waals surface area contributed by atoms with Gasteiger partial charge in [0.2, 0.25) is 10.0 Å². The number of hydrogen-bond donors (Lipinski definition) is 0. The average molecular weight is 399 g/mol. The van der Waals surface area contributed by atoms with Gasteiger partial charge in [-0.1, -0.05) is 18.2 Å². The van der Waals surface area contributed by atoms with E-state index >= 15 is 0 Å². The van der Waals surface area contributed by atoms with Crippen LogP contribution in [0.4, 0.5) is 4.39 Å². The van der Waals surface area contributed by atoms with E-state index in [-0.39, 0.29) is 35.1 Å². The highest BCUT2D eigenvalue weighted by atomic mass is 32.2. The van der Waals surface area contributed by atoms with Crippen LogP contribution in [0, 0.1) is 5.82 Å². The Kier molecular flexibility index (Phi) is 5.05. The second kappa shape index (κ2) is 6.98. The summed E-state index contributed by atoms with van der Waals surface area (Å²) in [6.07, 6.45) is 0.175. The zero-order chi connectivity index (χ0) is 18.9. The van der Waals surface area contributed by atoms with Gasteiger partial charge in [0.1, 0.15) is 16.5 Å². The van der Waals surface area contributed by atoms with Gasteiger partial charge >= 0.3 is 0 Å². The van der Waals surface area contributed by atoms with Gasteiger partial charge in [0.05, 0.1) is 17.3 Å². The summed E-state index contributed by atoms with van der Waals surface area (Å²) in [6.45, 7) is -0.141. The first kappa shape index (κ1) is 18.8. The van der Waals surface area contributed by atoms with E-state index in [4.69, 9.17) is 4.74 Å². The van der Waals surface area contributed by atoms with Crippen LogP contribution in [0.5, 0.6) is 5.75 Å². The fourth-order valence-corrected chi connectivity index (χ4v) is 6.44. The Bertz CT molecular complexity index is 1010. The SMILES string of the molecule is COc1ccc(F)cc1S(=O)(=O)N1CCC(S(=O)(=O)c2ccccc2)C1. The number of sulfone groups is 1. The Morgan fingerprint density at radius 2 is 1.77 bits per heavy atom. The number of hydrogen-bond acceptors (Lipinski definition) is 5. The fraction of sp³-hybridized carbons (Fsp3) is 0.294. The van der Waals surface area contributed by atoms with Gasteiger partial charge in [0.15, 0.2) is 9.84 Å². The van der Waals surface area contributed by atoms with Gasteiger partial charge in [-0.2, -0.15) is 4.31 Å². The highest BCUT2D eigenvalue weighted by Crippen LogP contribution is 2.32. The maximum atomic E-state index is 13.6. The molecule has 1 aliphatic heterocycles. The molecular formula is C17H18FNO5S2. The molecule has 1 atom stereocenters. The third-order valence-electron chi connectivity index (χ3n) is 4.36. The Balaban J connectivity index is 1.90. The molecule has 1 saturated heterocycles. The molecule has 0 amide bonds. The van der Waals surface area contributed by atoms with Crippen molar-refractivity contribution in [2.24, 2.45) is 0 Å². The number of halogens is 1. The highest BCUT2D eigenvalue weighted by molar-refractivity contribution is 7.92. The number of ether oxygens (including phenoxy) is 1. The molecule has 0 aliphatic carbocycles. The lowest BCUT2D eigenvalue weighted by atomic mass is 10.3. The maximum absolute atomic E-state index is 13.6. The predicted octanol–water partition coefficient (Wildman–Crippen LogP) is 2.07. The molecule has 2 aromatic carbocycles. The molecule has 0 N–H and O–H groups in total. The first-order chi connectivity index (χ1) is 12.3. The van der Waals surface area contributed by atoms with Crippen LogP contribution in [-0.4, -0.2) is 46.6 Å². The first-order valence-electron chi connectivity index (χ1n) is 7.89. The molecule has 0 saturated carbocycles. The van der Waals surface area contributed by atoms with E-state index in [2.05, 4.69) is 0 Å². The smallest absolute Gasteiger partial charge is 0.246 e. The van der Waals surface area contributed by atoms with Crippen LogP contribution in [0.3, 0.4) is 0 Å². The minimum absolute atomic E-state index is 0.0146. The van der Waals surface area contributed by atoms with E-state index in [1.807, 2.05) is 0 Å². The average Bonchev–Trinajstić information content (AvgIpc) is 3.14. The zero-order valence-corrected chi connectivity index (χ0v) is 15.6. The van der Waals surface area contributed by atoms with Gasteiger partial charge < -0.3 is 4.74 Å². The minimum Gasteiger partial charge on any atom is -0.495 e. The quantitative estimate of drug-likeness (QED) is 0.769. The third-order valence-corrected chi connectivity index (χ3v) is 8.44. The van der Waals surface area contributed by atoms with Crippen molar-refractivity contribution in [3.63, 3.8) is 0 Å². The van der Waals surface area contributed by atoms with Gasteiger partial charge in [-0.15, -0.1) is 0 Å². The van der Waals surface area contributed by atoms with Crippen molar-refractivity contribution in [2.75, 3.05) is 20.2 Å². The first-order valence-corrected chi connectivity index (χ1v) is 10.9. The molecule has 0 radical (unpaired) electrons. The molecule has 1 heterocycles. The minimum atomic E-state index is -4.08. The van der Waals surface area contributed by atoms with Gasteiger partial charge in [-0.05, 0) is 36.8 Å². The molecule has 1 unspecified atom stereocenters. The largest absolute Gasteiger partial charge is 0.495 e. The monoisotopic (exact) mass is 399 g/mol. The van der Waals surface area contributed by atoms with E-state index < -0.39 is 30.9 Å². The lowest BCUT2D eigenvalue weighted by Crippen LogP contribution is -2.32. The normalized spacial score (nSPS) is 18.8. The lowest BCUT2D eigenvalue weighted by Gasteiger charge is -2.18. The summed E-state index contributed by atoms with van der Waals surface area (Å²) >= 11 is 0. The van der Waals surface area contributed by atoms with Crippen LogP contribution >= 0.6 is 0 Å². The molecule has 0 bridgehead atoms. The molecule has 26 heavy (non-hydrogen) atoms. The Hall–Kier alpha value is -1.97. The molecule has 6 nitrogen and oxygen atoms in total. The summed E-state index contributed by atoms with van der Waals surface area (Å²) in [4.78, 5) is -0.148. The van der Waals surface area contributed by atoms with Crippen molar-refractivity contribution in [1.29, 1.82) is 0 Å². The predicted molar refractivity (Wildman–Crippen MR) is 93.7 cm³/mol. The van der Waals surface area contributed by atoms with Crippen LogP contribution in [0.25, 0.3) is 0 Å². The van der Waals surface area contributed by atoms with Gasteiger partial charge in [-0.3, -0.25) is 0 Å². The second-order valence-electron chi connectivity index (χ2n) is 5.93. The van der Waals surface area contributed by atoms with Crippen LogP contribution in [-0.2, 0) is 19.9 Å². The molecule has 0 spiro atoms. The summed E-state index contributed by atoms with van der Waals surface area (Å²) < 4.78 is 70.8. The number of sulfonamides is 1. The molecule has 2 aromatic rings. The van der Waals surface area contributed by atoms with Gasteiger partial charge in [0, 0.05) is 13.1 Å². The summed E-state index contributed by atoms with van der Waals surface area (Å²) in [6, 6.07) is 11.1. The van der Waals surface area contributed by atoms with E-state index in [0.717, 1.165) is 16.4 Å². The van der Waals surface area contributed by atoms with Crippen molar-refractivity contribution in [2.45, 2.75) is 21.5 Å². The Morgan fingerprint density at radius 1 is 1.08 bits per heavy atom. The summed E-state index contributed by atoms with van der Waals surface area (Å²) in [5, 5.41) is -0.848. The highest BCUT2D eigenvalue weighted by Gasteiger charge is 2.40. The van der Waals surface area contributed by atoms with Crippen LogP contribution < -0.4 is 4.74 Å². The van der Waals surface area contributed by atoms with Crippen LogP contribution in [0.2, 0.25) is 0 Å². The lowest BCUT2D eigenvalue weighted by molar-refractivity contribution is 0.396. The van der Waals surface area contributed by atoms with E-state index in [0.29, 0.717) is 0 Å². The zero-order valence-electron chi connectivity index (χ0n) is 14.0. The number of rotatable bonds is 5. The van der Waals surface area contributed by atoms with E-state index in [1.54, 1.807) is 18.2 Å². The Morgan fingerprint density at radius 3 is 2.42 bits per heavy atom. The van der Waals surface area contributed by atoms with Crippen molar-refractivity contribution in [3.05, 3.63) is 54.3 Å². The molecular weight excluding hydrogens is 381 g/mol. The van der Waals surface area contributed by atoms with Gasteiger partial charge in [-0.25, -0.2) is 21.2 Å². The van der Waals surface area contributed by atoms with Crippen molar-refractivity contribution in [1.82, 2.24) is 4.31 Å². The fourth-order valence-electron chi connectivity index (χ4n) is 2.96. The number of nitrogens with zero attached hydrogens (tertiary/aromatic N) is 1. The van der Waals surface area contributed by atoms with Gasteiger partial charge in [0.25, 0.3) is 0 Å². The van der Waals surface area contributed by atoms with Crippen molar-refractivity contribution < 1.29 is 26.0 Å². The molecule has 9 heteroatoms.